The monoisotopic (exact) mass is 400 g/mol. The molecule has 1 aliphatic carbocycles. The predicted octanol–water partition coefficient (Wildman–Crippen LogP) is 1.03. The van der Waals surface area contributed by atoms with Crippen LogP contribution in [0.1, 0.15) is 44.1 Å². The summed E-state index contributed by atoms with van der Waals surface area (Å²) in [5.74, 6) is -0.141. The first-order valence-electron chi connectivity index (χ1n) is 10.5. The molecule has 4 N–H and O–H groups in total. The molecular weight excluding hydrogens is 372 g/mol. The van der Waals surface area contributed by atoms with E-state index in [9.17, 15) is 19.5 Å². The summed E-state index contributed by atoms with van der Waals surface area (Å²) in [5, 5.41) is 18.2. The van der Waals surface area contributed by atoms with E-state index in [0.29, 0.717) is 19.4 Å². The lowest BCUT2D eigenvalue weighted by Crippen LogP contribution is -2.61. The van der Waals surface area contributed by atoms with Gasteiger partial charge in [-0.3, -0.25) is 9.59 Å². The van der Waals surface area contributed by atoms with Gasteiger partial charge in [0.1, 0.15) is 17.8 Å². The number of amides is 4. The highest BCUT2D eigenvalue weighted by molar-refractivity contribution is 5.97. The molecule has 2 saturated heterocycles. The van der Waals surface area contributed by atoms with E-state index in [4.69, 9.17) is 0 Å². The molecule has 0 radical (unpaired) electrons. The fourth-order valence-corrected chi connectivity index (χ4v) is 4.63. The van der Waals surface area contributed by atoms with Gasteiger partial charge in [-0.15, -0.1) is 0 Å². The van der Waals surface area contributed by atoms with Crippen LogP contribution in [0.3, 0.4) is 0 Å². The van der Waals surface area contributed by atoms with Crippen molar-refractivity contribution in [3.63, 3.8) is 0 Å². The second kappa shape index (κ2) is 8.31. The Hall–Kier alpha value is -2.77. The van der Waals surface area contributed by atoms with Crippen molar-refractivity contribution < 1.29 is 19.5 Å². The molecule has 3 aliphatic rings. The van der Waals surface area contributed by atoms with E-state index in [-0.39, 0.29) is 35.7 Å². The maximum Gasteiger partial charge on any atom is 0.315 e. The van der Waals surface area contributed by atoms with Crippen LogP contribution < -0.4 is 16.0 Å². The number of phenols is 1. The first kappa shape index (κ1) is 19.5. The highest BCUT2D eigenvalue weighted by atomic mass is 16.3. The van der Waals surface area contributed by atoms with Gasteiger partial charge >= 0.3 is 6.03 Å². The molecule has 0 aromatic heterocycles. The van der Waals surface area contributed by atoms with Gasteiger partial charge in [0, 0.05) is 19.0 Å². The van der Waals surface area contributed by atoms with Crippen LogP contribution in [-0.2, 0) is 16.0 Å². The molecule has 1 aromatic carbocycles. The standard InChI is InChI=1S/C21H28N4O4/c26-16-8-6-13(7-9-16)10-17-20(28)25-12-15(11-18(25)19(27)24-17)23-21(29)22-14-4-2-1-3-5-14/h6-9,14-15,17-18,26H,1-5,10-12H2,(H,24,27)(H2,22,23,29)/t15-,17+,18-/m0/s1. The SMILES string of the molecule is O=C(NC1CCCCC1)N[C@H]1C[C@H]2C(=O)N[C@H](Cc3ccc(O)cc3)C(=O)N2C1. The molecule has 3 atom stereocenters. The Bertz CT molecular complexity index is 775. The number of rotatable bonds is 4. The van der Waals surface area contributed by atoms with Crippen molar-refractivity contribution in [3.8, 4) is 5.75 Å². The van der Waals surface area contributed by atoms with E-state index in [1.807, 2.05) is 0 Å². The minimum atomic E-state index is -0.627. The number of nitrogens with zero attached hydrogens (tertiary/aromatic N) is 1. The number of carbonyl (C=O) groups is 3. The number of hydrogen-bond acceptors (Lipinski definition) is 4. The lowest BCUT2D eigenvalue weighted by atomic mass is 9.96. The molecule has 2 heterocycles. The maximum absolute atomic E-state index is 12.9. The van der Waals surface area contributed by atoms with E-state index in [1.54, 1.807) is 29.2 Å². The molecule has 29 heavy (non-hydrogen) atoms. The highest BCUT2D eigenvalue weighted by Gasteiger charge is 2.46. The van der Waals surface area contributed by atoms with E-state index >= 15 is 0 Å². The lowest BCUT2D eigenvalue weighted by Gasteiger charge is -2.34. The third-order valence-electron chi connectivity index (χ3n) is 6.15. The Kier molecular flexibility index (Phi) is 5.60. The largest absolute Gasteiger partial charge is 0.508 e. The van der Waals surface area contributed by atoms with E-state index in [0.717, 1.165) is 31.2 Å². The minimum absolute atomic E-state index is 0.125. The third kappa shape index (κ3) is 4.46. The smallest absolute Gasteiger partial charge is 0.315 e. The van der Waals surface area contributed by atoms with Crippen LogP contribution in [0, 0.1) is 0 Å². The summed E-state index contributed by atoms with van der Waals surface area (Å²) < 4.78 is 0. The number of benzene rings is 1. The van der Waals surface area contributed by atoms with Crippen molar-refractivity contribution in [1.29, 1.82) is 0 Å². The van der Waals surface area contributed by atoms with Gasteiger partial charge in [0.05, 0.1) is 6.04 Å². The topological polar surface area (TPSA) is 111 Å². The molecule has 156 valence electrons. The van der Waals surface area contributed by atoms with Crippen LogP contribution in [0.4, 0.5) is 4.79 Å². The van der Waals surface area contributed by atoms with Gasteiger partial charge in [0.25, 0.3) is 0 Å². The quantitative estimate of drug-likeness (QED) is 0.605. The molecule has 2 aliphatic heterocycles. The van der Waals surface area contributed by atoms with Crippen molar-refractivity contribution in [2.24, 2.45) is 0 Å². The number of nitrogens with one attached hydrogen (secondary N) is 3. The highest BCUT2D eigenvalue weighted by Crippen LogP contribution is 2.24. The Morgan fingerprint density at radius 1 is 1.07 bits per heavy atom. The maximum atomic E-state index is 12.9. The summed E-state index contributed by atoms with van der Waals surface area (Å²) in [4.78, 5) is 39.4. The number of hydrogen-bond donors (Lipinski definition) is 4. The average Bonchev–Trinajstić information content (AvgIpc) is 3.13. The average molecular weight is 400 g/mol. The molecule has 8 heteroatoms. The molecule has 1 aromatic rings. The molecule has 3 fully saturated rings. The normalized spacial score (nSPS) is 27.3. The number of aromatic hydroxyl groups is 1. The van der Waals surface area contributed by atoms with Gasteiger partial charge in [-0.25, -0.2) is 4.79 Å². The number of fused-ring (bicyclic) bond motifs is 1. The number of carbonyl (C=O) groups excluding carboxylic acids is 3. The minimum Gasteiger partial charge on any atom is -0.508 e. The van der Waals surface area contributed by atoms with Crippen molar-refractivity contribution in [1.82, 2.24) is 20.9 Å². The molecule has 0 unspecified atom stereocenters. The summed E-state index contributed by atoms with van der Waals surface area (Å²) in [6, 6.07) is 5.22. The van der Waals surface area contributed by atoms with Crippen molar-refractivity contribution in [2.75, 3.05) is 6.54 Å². The van der Waals surface area contributed by atoms with Crippen LogP contribution in [-0.4, -0.2) is 58.6 Å². The summed E-state index contributed by atoms with van der Waals surface area (Å²) in [6.45, 7) is 0.348. The molecule has 0 spiro atoms. The van der Waals surface area contributed by atoms with Gasteiger partial charge in [-0.2, -0.15) is 0 Å². The van der Waals surface area contributed by atoms with Gasteiger partial charge in [0.2, 0.25) is 11.8 Å². The summed E-state index contributed by atoms with van der Waals surface area (Å²) in [6.07, 6.45) is 6.32. The lowest BCUT2D eigenvalue weighted by molar-refractivity contribution is -0.147. The number of piperazine rings is 1. The van der Waals surface area contributed by atoms with Crippen LogP contribution in [0.5, 0.6) is 5.75 Å². The summed E-state index contributed by atoms with van der Waals surface area (Å²) in [5.41, 5.74) is 0.862. The van der Waals surface area contributed by atoms with Crippen molar-refractivity contribution in [3.05, 3.63) is 29.8 Å². The van der Waals surface area contributed by atoms with Crippen molar-refractivity contribution in [2.45, 2.75) is 69.1 Å². The molecule has 4 amide bonds. The molecule has 4 rings (SSSR count). The van der Waals surface area contributed by atoms with Crippen molar-refractivity contribution >= 4 is 17.8 Å². The van der Waals surface area contributed by atoms with Crippen LogP contribution in [0.25, 0.3) is 0 Å². The molecule has 1 saturated carbocycles. The third-order valence-corrected chi connectivity index (χ3v) is 6.15. The number of urea groups is 1. The molecular formula is C21H28N4O4. The van der Waals surface area contributed by atoms with Gasteiger partial charge in [-0.05, 0) is 37.0 Å². The second-order valence-corrected chi connectivity index (χ2v) is 8.32. The van der Waals surface area contributed by atoms with E-state index in [2.05, 4.69) is 16.0 Å². The van der Waals surface area contributed by atoms with E-state index < -0.39 is 12.1 Å². The van der Waals surface area contributed by atoms with Crippen LogP contribution >= 0.6 is 0 Å². The Morgan fingerprint density at radius 2 is 1.76 bits per heavy atom. The van der Waals surface area contributed by atoms with Crippen LogP contribution in [0.2, 0.25) is 0 Å². The van der Waals surface area contributed by atoms with Gasteiger partial charge in [-0.1, -0.05) is 31.4 Å². The van der Waals surface area contributed by atoms with Crippen LogP contribution in [0.15, 0.2) is 24.3 Å². The fourth-order valence-electron chi connectivity index (χ4n) is 4.63. The Labute approximate surface area is 170 Å². The zero-order valence-electron chi connectivity index (χ0n) is 16.4. The number of phenolic OH excluding ortho intramolecular Hbond substituents is 1. The van der Waals surface area contributed by atoms with E-state index in [1.165, 1.54) is 6.42 Å². The molecule has 0 bridgehead atoms. The Balaban J connectivity index is 1.34. The second-order valence-electron chi connectivity index (χ2n) is 8.32. The first-order chi connectivity index (χ1) is 14.0. The zero-order valence-corrected chi connectivity index (χ0v) is 16.4. The molecule has 8 nitrogen and oxygen atoms in total. The zero-order chi connectivity index (χ0) is 20.4. The van der Waals surface area contributed by atoms with Gasteiger partial charge < -0.3 is 26.0 Å². The fraction of sp³-hybridized carbons (Fsp3) is 0.571. The summed E-state index contributed by atoms with van der Waals surface area (Å²) in [7, 11) is 0. The first-order valence-corrected chi connectivity index (χ1v) is 10.5. The summed E-state index contributed by atoms with van der Waals surface area (Å²) >= 11 is 0. The Morgan fingerprint density at radius 3 is 2.48 bits per heavy atom. The van der Waals surface area contributed by atoms with Gasteiger partial charge in [0.15, 0.2) is 0 Å². The predicted molar refractivity (Wildman–Crippen MR) is 106 cm³/mol.